The highest BCUT2D eigenvalue weighted by Gasteiger charge is 2.06. The Morgan fingerprint density at radius 3 is 2.65 bits per heavy atom. The average Bonchev–Trinajstić information content (AvgIpc) is 2.93. The number of nitrogens with zero attached hydrogens (tertiary/aromatic N) is 1. The Labute approximate surface area is 134 Å². The first-order valence-electron chi connectivity index (χ1n) is 7.40. The molecule has 23 heavy (non-hydrogen) atoms. The number of hydrogen-bond acceptors (Lipinski definition) is 4. The van der Waals surface area contributed by atoms with Crippen LogP contribution in [0.4, 0.5) is 0 Å². The summed E-state index contributed by atoms with van der Waals surface area (Å²) in [6.45, 7) is 2.28. The van der Waals surface area contributed by atoms with Crippen LogP contribution < -0.4 is 10.1 Å². The van der Waals surface area contributed by atoms with Gasteiger partial charge in [0.2, 0.25) is 5.91 Å². The lowest BCUT2D eigenvalue weighted by Crippen LogP contribution is -2.24. The molecule has 3 rings (SSSR count). The summed E-state index contributed by atoms with van der Waals surface area (Å²) in [4.78, 5) is 16.3. The molecule has 0 radical (unpaired) electrons. The molecule has 0 spiro atoms. The number of aryl methyl sites for hydroxylation is 1. The molecule has 0 bridgehead atoms. The monoisotopic (exact) mass is 310 g/mol. The van der Waals surface area contributed by atoms with Crippen molar-refractivity contribution in [2.24, 2.45) is 0 Å². The van der Waals surface area contributed by atoms with Crippen LogP contribution in [0.1, 0.15) is 17.0 Å². The molecule has 0 aliphatic rings. The lowest BCUT2D eigenvalue weighted by atomic mass is 10.1. The van der Waals surface area contributed by atoms with Crippen LogP contribution in [0.3, 0.4) is 0 Å². The van der Waals surface area contributed by atoms with Crippen molar-refractivity contribution >= 4 is 17.0 Å². The van der Waals surface area contributed by atoms with E-state index in [1.165, 1.54) is 0 Å². The summed E-state index contributed by atoms with van der Waals surface area (Å²) >= 11 is 0. The molecule has 2 aromatic carbocycles. The minimum Gasteiger partial charge on any atom is -0.497 e. The molecule has 0 saturated heterocycles. The second kappa shape index (κ2) is 6.52. The van der Waals surface area contributed by atoms with Gasteiger partial charge in [0.05, 0.1) is 13.5 Å². The number of amides is 1. The van der Waals surface area contributed by atoms with E-state index in [0.29, 0.717) is 18.9 Å². The van der Waals surface area contributed by atoms with E-state index < -0.39 is 0 Å². The molecule has 5 heteroatoms. The first-order chi connectivity index (χ1) is 11.1. The maximum Gasteiger partial charge on any atom is 0.224 e. The Kier molecular flexibility index (Phi) is 4.28. The van der Waals surface area contributed by atoms with Gasteiger partial charge in [-0.15, -0.1) is 0 Å². The van der Waals surface area contributed by atoms with E-state index in [1.54, 1.807) is 7.11 Å². The van der Waals surface area contributed by atoms with Gasteiger partial charge < -0.3 is 14.5 Å². The quantitative estimate of drug-likeness (QED) is 0.787. The third-order valence-corrected chi connectivity index (χ3v) is 3.57. The van der Waals surface area contributed by atoms with Crippen LogP contribution >= 0.6 is 0 Å². The maximum atomic E-state index is 12.0. The minimum absolute atomic E-state index is 0.0217. The molecular weight excluding hydrogens is 292 g/mol. The summed E-state index contributed by atoms with van der Waals surface area (Å²) < 4.78 is 10.5. The number of fused-ring (bicyclic) bond motifs is 1. The fourth-order valence-corrected chi connectivity index (χ4v) is 2.39. The number of benzene rings is 2. The highest BCUT2D eigenvalue weighted by Crippen LogP contribution is 2.17. The van der Waals surface area contributed by atoms with Crippen molar-refractivity contribution in [2.75, 3.05) is 7.11 Å². The van der Waals surface area contributed by atoms with Crippen LogP contribution in [0, 0.1) is 6.92 Å². The summed E-state index contributed by atoms with van der Waals surface area (Å²) in [5, 5.41) is 2.92. The molecule has 3 aromatic rings. The predicted molar refractivity (Wildman–Crippen MR) is 87.3 cm³/mol. The van der Waals surface area contributed by atoms with E-state index >= 15 is 0 Å². The minimum atomic E-state index is -0.0217. The highest BCUT2D eigenvalue weighted by molar-refractivity contribution is 5.79. The van der Waals surface area contributed by atoms with Crippen LogP contribution in [0.25, 0.3) is 11.1 Å². The van der Waals surface area contributed by atoms with Gasteiger partial charge >= 0.3 is 0 Å². The van der Waals surface area contributed by atoms with Crippen molar-refractivity contribution in [1.82, 2.24) is 10.3 Å². The Bertz CT molecular complexity index is 822. The van der Waals surface area contributed by atoms with Crippen molar-refractivity contribution in [3.63, 3.8) is 0 Å². The molecule has 0 saturated carbocycles. The first kappa shape index (κ1) is 15.1. The number of aromatic nitrogens is 1. The number of methoxy groups -OCH3 is 1. The smallest absolute Gasteiger partial charge is 0.224 e. The number of hydrogen-bond donors (Lipinski definition) is 1. The molecule has 1 heterocycles. The number of oxazole rings is 1. The van der Waals surface area contributed by atoms with Crippen LogP contribution in [-0.2, 0) is 17.8 Å². The van der Waals surface area contributed by atoms with E-state index in [1.807, 2.05) is 49.4 Å². The van der Waals surface area contributed by atoms with Gasteiger partial charge in [0, 0.05) is 13.5 Å². The van der Waals surface area contributed by atoms with Crippen molar-refractivity contribution in [3.05, 3.63) is 59.5 Å². The average molecular weight is 310 g/mol. The molecule has 0 atom stereocenters. The number of rotatable bonds is 5. The standard InChI is InChI=1S/C18H18N2O3/c1-12-20-16-9-14(5-8-17(16)23-12)11-19-18(21)10-13-3-6-15(22-2)7-4-13/h3-9H,10-11H2,1-2H3,(H,19,21). The SMILES string of the molecule is COc1ccc(CC(=O)NCc2ccc3oc(C)nc3c2)cc1. The Balaban J connectivity index is 1.58. The zero-order valence-electron chi connectivity index (χ0n) is 13.1. The molecule has 118 valence electrons. The van der Waals surface area contributed by atoms with E-state index in [-0.39, 0.29) is 5.91 Å². The van der Waals surface area contributed by atoms with E-state index in [9.17, 15) is 4.79 Å². The van der Waals surface area contributed by atoms with Crippen molar-refractivity contribution in [3.8, 4) is 5.75 Å². The third-order valence-electron chi connectivity index (χ3n) is 3.57. The number of nitrogens with one attached hydrogen (secondary N) is 1. The largest absolute Gasteiger partial charge is 0.497 e. The molecule has 1 N–H and O–H groups in total. The number of carbonyl (C=O) groups excluding carboxylic acids is 1. The molecule has 0 unspecified atom stereocenters. The summed E-state index contributed by atoms with van der Waals surface area (Å²) in [7, 11) is 1.62. The number of carbonyl (C=O) groups is 1. The van der Waals surface area contributed by atoms with Gasteiger partial charge in [-0.3, -0.25) is 4.79 Å². The van der Waals surface area contributed by atoms with Gasteiger partial charge in [-0.2, -0.15) is 0 Å². The van der Waals surface area contributed by atoms with Gasteiger partial charge in [-0.25, -0.2) is 4.98 Å². The van der Waals surface area contributed by atoms with Gasteiger partial charge in [0.25, 0.3) is 0 Å². The van der Waals surface area contributed by atoms with Crippen molar-refractivity contribution in [2.45, 2.75) is 19.9 Å². The van der Waals surface area contributed by atoms with Gasteiger partial charge in [-0.1, -0.05) is 18.2 Å². The van der Waals surface area contributed by atoms with Crippen LogP contribution in [0.5, 0.6) is 5.75 Å². The highest BCUT2D eigenvalue weighted by atomic mass is 16.5. The Morgan fingerprint density at radius 2 is 1.91 bits per heavy atom. The van der Waals surface area contributed by atoms with Crippen LogP contribution in [-0.4, -0.2) is 18.0 Å². The van der Waals surface area contributed by atoms with E-state index in [4.69, 9.17) is 9.15 Å². The second-order valence-corrected chi connectivity index (χ2v) is 5.34. The molecule has 0 fully saturated rings. The van der Waals surface area contributed by atoms with Gasteiger partial charge in [-0.05, 0) is 35.4 Å². The third kappa shape index (κ3) is 3.69. The summed E-state index contributed by atoms with van der Waals surface area (Å²) in [6.07, 6.45) is 0.343. The lowest BCUT2D eigenvalue weighted by molar-refractivity contribution is -0.120. The fourth-order valence-electron chi connectivity index (χ4n) is 2.39. The predicted octanol–water partition coefficient (Wildman–Crippen LogP) is 3.00. The zero-order valence-corrected chi connectivity index (χ0v) is 13.1. The van der Waals surface area contributed by atoms with Crippen molar-refractivity contribution < 1.29 is 13.9 Å². The zero-order chi connectivity index (χ0) is 16.2. The molecule has 1 amide bonds. The summed E-state index contributed by atoms with van der Waals surface area (Å²) in [5.74, 6) is 1.40. The second-order valence-electron chi connectivity index (χ2n) is 5.34. The topological polar surface area (TPSA) is 64.4 Å². The fraction of sp³-hybridized carbons (Fsp3) is 0.222. The van der Waals surface area contributed by atoms with Crippen LogP contribution in [0.2, 0.25) is 0 Å². The molecule has 0 aliphatic heterocycles. The molecule has 0 aliphatic carbocycles. The Hall–Kier alpha value is -2.82. The van der Waals surface area contributed by atoms with Gasteiger partial charge in [0.1, 0.15) is 11.3 Å². The number of ether oxygens (including phenoxy) is 1. The summed E-state index contributed by atoms with van der Waals surface area (Å²) in [6, 6.07) is 13.2. The molecule has 1 aromatic heterocycles. The van der Waals surface area contributed by atoms with Gasteiger partial charge in [0.15, 0.2) is 11.5 Å². The summed E-state index contributed by atoms with van der Waals surface area (Å²) in [5.41, 5.74) is 3.51. The van der Waals surface area contributed by atoms with Crippen LogP contribution in [0.15, 0.2) is 46.9 Å². The lowest BCUT2D eigenvalue weighted by Gasteiger charge is -2.06. The first-order valence-corrected chi connectivity index (χ1v) is 7.40. The molecular formula is C18H18N2O3. The van der Waals surface area contributed by atoms with E-state index in [0.717, 1.165) is 28.0 Å². The Morgan fingerprint density at radius 1 is 1.17 bits per heavy atom. The van der Waals surface area contributed by atoms with Crippen molar-refractivity contribution in [1.29, 1.82) is 0 Å². The van der Waals surface area contributed by atoms with E-state index in [2.05, 4.69) is 10.3 Å². The molecule has 5 nitrogen and oxygen atoms in total. The maximum absolute atomic E-state index is 12.0. The normalized spacial score (nSPS) is 10.7.